The van der Waals surface area contributed by atoms with Crippen molar-refractivity contribution in [1.29, 1.82) is 0 Å². The van der Waals surface area contributed by atoms with Crippen molar-refractivity contribution in [3.63, 3.8) is 0 Å². The molecule has 114 valence electrons. The van der Waals surface area contributed by atoms with Gasteiger partial charge < -0.3 is 10.2 Å². The fourth-order valence-electron chi connectivity index (χ4n) is 1.95. The van der Waals surface area contributed by atoms with E-state index in [2.05, 4.69) is 30.6 Å². The summed E-state index contributed by atoms with van der Waals surface area (Å²) in [6, 6.07) is 0. The van der Waals surface area contributed by atoms with Crippen LogP contribution in [0.25, 0.3) is 0 Å². The van der Waals surface area contributed by atoms with E-state index in [1.165, 1.54) is 38.5 Å². The summed E-state index contributed by atoms with van der Waals surface area (Å²) in [5.41, 5.74) is 0. The van der Waals surface area contributed by atoms with Crippen molar-refractivity contribution in [2.24, 2.45) is 0 Å². The molecule has 0 amide bonds. The van der Waals surface area contributed by atoms with Gasteiger partial charge in [0.2, 0.25) is 0 Å². The lowest BCUT2D eigenvalue weighted by Crippen LogP contribution is -2.02. The van der Waals surface area contributed by atoms with Gasteiger partial charge in [0.15, 0.2) is 0 Å². The number of aliphatic hydroxyl groups is 2. The second kappa shape index (κ2) is 14.4. The smallest absolute Gasteiger partial charge is 0.115 e. The summed E-state index contributed by atoms with van der Waals surface area (Å²) in [6.45, 7) is 4.22. The molecule has 0 fully saturated rings. The van der Waals surface area contributed by atoms with Crippen LogP contribution in [-0.2, 0) is 0 Å². The van der Waals surface area contributed by atoms with Crippen LogP contribution >= 0.6 is 0 Å². The Hall–Kier alpha value is -0.960. The molecule has 2 nitrogen and oxygen atoms in total. The topological polar surface area (TPSA) is 40.5 Å². The van der Waals surface area contributed by atoms with E-state index in [4.69, 9.17) is 0 Å². The Kier molecular flexibility index (Phi) is 13.8. The van der Waals surface area contributed by atoms with E-state index < -0.39 is 12.2 Å². The summed E-state index contributed by atoms with van der Waals surface area (Å²) >= 11 is 0. The molecule has 0 heterocycles. The van der Waals surface area contributed by atoms with Gasteiger partial charge in [-0.25, -0.2) is 0 Å². The third-order valence-corrected chi connectivity index (χ3v) is 3.18. The Labute approximate surface area is 125 Å². The number of unbranched alkanes of at least 4 members (excludes halogenated alkanes) is 6. The number of rotatable bonds is 10. The summed E-state index contributed by atoms with van der Waals surface area (Å²) in [4.78, 5) is 0. The zero-order valence-electron chi connectivity index (χ0n) is 13.1. The second-order valence-electron chi connectivity index (χ2n) is 5.27. The largest absolute Gasteiger partial charge is 0.380 e. The molecule has 0 aliphatic heterocycles. The van der Waals surface area contributed by atoms with Crippen LogP contribution in [0.1, 0.15) is 78.1 Å². The second-order valence-corrected chi connectivity index (χ2v) is 5.27. The average Bonchev–Trinajstić information content (AvgIpc) is 2.43. The summed E-state index contributed by atoms with van der Waals surface area (Å²) in [5, 5.41) is 19.0. The van der Waals surface area contributed by atoms with E-state index in [9.17, 15) is 10.2 Å². The summed E-state index contributed by atoms with van der Waals surface area (Å²) in [7, 11) is 0. The van der Waals surface area contributed by atoms with Crippen LogP contribution in [0.2, 0.25) is 0 Å². The van der Waals surface area contributed by atoms with Gasteiger partial charge in [-0.3, -0.25) is 0 Å². The molecule has 0 bridgehead atoms. The Balaban J connectivity index is 3.60. The first-order chi connectivity index (χ1) is 9.70. The zero-order chi connectivity index (χ0) is 15.1. The molecule has 0 aromatic heterocycles. The number of hydrogen-bond acceptors (Lipinski definition) is 2. The van der Waals surface area contributed by atoms with Crippen LogP contribution in [0.3, 0.4) is 0 Å². The molecule has 0 aliphatic rings. The van der Waals surface area contributed by atoms with Crippen molar-refractivity contribution in [2.75, 3.05) is 0 Å². The van der Waals surface area contributed by atoms with Crippen molar-refractivity contribution in [3.05, 3.63) is 0 Å². The quantitative estimate of drug-likeness (QED) is 0.473. The maximum atomic E-state index is 9.65. The van der Waals surface area contributed by atoms with Gasteiger partial charge >= 0.3 is 0 Å². The lowest BCUT2D eigenvalue weighted by molar-refractivity contribution is 0.217. The molecule has 0 saturated heterocycles. The molecule has 0 aliphatic carbocycles. The predicted molar refractivity (Wildman–Crippen MR) is 85.1 cm³/mol. The maximum absolute atomic E-state index is 9.65. The Morgan fingerprint density at radius 1 is 0.650 bits per heavy atom. The molecule has 2 atom stereocenters. The first kappa shape index (κ1) is 19.0. The molecular formula is C18H30O2. The lowest BCUT2D eigenvalue weighted by Gasteiger charge is -2.03. The van der Waals surface area contributed by atoms with E-state index in [0.717, 1.165) is 19.3 Å². The summed E-state index contributed by atoms with van der Waals surface area (Å²) < 4.78 is 0. The zero-order valence-corrected chi connectivity index (χ0v) is 13.1. The van der Waals surface area contributed by atoms with Crippen molar-refractivity contribution in [3.8, 4) is 23.7 Å². The van der Waals surface area contributed by atoms with Gasteiger partial charge in [0.1, 0.15) is 12.2 Å². The first-order valence-corrected chi connectivity index (χ1v) is 8.07. The summed E-state index contributed by atoms with van der Waals surface area (Å²) in [5.74, 6) is 10.6. The molecular weight excluding hydrogens is 248 g/mol. The van der Waals surface area contributed by atoms with Gasteiger partial charge in [-0.15, -0.1) is 0 Å². The number of hydrogen-bond donors (Lipinski definition) is 2. The van der Waals surface area contributed by atoms with E-state index in [0.29, 0.717) is 6.42 Å². The van der Waals surface area contributed by atoms with Crippen molar-refractivity contribution < 1.29 is 10.2 Å². The summed E-state index contributed by atoms with van der Waals surface area (Å²) in [6.07, 6.45) is 9.82. The van der Waals surface area contributed by atoms with Crippen LogP contribution in [0.5, 0.6) is 0 Å². The fraction of sp³-hybridized carbons (Fsp3) is 0.778. The minimum atomic E-state index is -0.588. The van der Waals surface area contributed by atoms with Crippen molar-refractivity contribution >= 4 is 0 Å². The van der Waals surface area contributed by atoms with Crippen LogP contribution in [0, 0.1) is 23.7 Å². The highest BCUT2D eigenvalue weighted by atomic mass is 16.3. The van der Waals surface area contributed by atoms with E-state index in [1.807, 2.05) is 6.92 Å². The highest BCUT2D eigenvalue weighted by Gasteiger charge is 1.98. The molecule has 20 heavy (non-hydrogen) atoms. The maximum Gasteiger partial charge on any atom is 0.115 e. The Morgan fingerprint density at radius 3 is 1.70 bits per heavy atom. The molecule has 2 N–H and O–H groups in total. The SMILES string of the molecule is CCCCCCCCCC(O)C#CC#CC(O)CCC. The molecule has 0 aromatic carbocycles. The standard InChI is InChI=1S/C18H30O2/c1-3-5-6-7-8-9-10-14-18(20)16-12-11-15-17(19)13-4-2/h17-20H,3-10,13-14H2,1-2H3. The third kappa shape index (κ3) is 13.5. The van der Waals surface area contributed by atoms with Crippen LogP contribution in [-0.4, -0.2) is 22.4 Å². The van der Waals surface area contributed by atoms with E-state index in [1.54, 1.807) is 0 Å². The minimum absolute atomic E-state index is 0.580. The Morgan fingerprint density at radius 2 is 1.15 bits per heavy atom. The molecule has 2 unspecified atom stereocenters. The highest BCUT2D eigenvalue weighted by molar-refractivity contribution is 5.28. The van der Waals surface area contributed by atoms with Gasteiger partial charge in [0.05, 0.1) is 0 Å². The van der Waals surface area contributed by atoms with Crippen LogP contribution < -0.4 is 0 Å². The van der Waals surface area contributed by atoms with E-state index >= 15 is 0 Å². The minimum Gasteiger partial charge on any atom is -0.380 e. The molecule has 0 aromatic rings. The van der Waals surface area contributed by atoms with E-state index in [-0.39, 0.29) is 0 Å². The fourth-order valence-corrected chi connectivity index (χ4v) is 1.95. The van der Waals surface area contributed by atoms with Crippen LogP contribution in [0.15, 0.2) is 0 Å². The van der Waals surface area contributed by atoms with Gasteiger partial charge in [0, 0.05) is 0 Å². The van der Waals surface area contributed by atoms with Gasteiger partial charge in [-0.1, -0.05) is 70.6 Å². The van der Waals surface area contributed by atoms with Crippen LogP contribution in [0.4, 0.5) is 0 Å². The highest BCUT2D eigenvalue weighted by Crippen LogP contribution is 2.09. The lowest BCUT2D eigenvalue weighted by atomic mass is 10.1. The van der Waals surface area contributed by atoms with Crippen molar-refractivity contribution in [1.82, 2.24) is 0 Å². The molecule has 0 radical (unpaired) electrons. The van der Waals surface area contributed by atoms with Gasteiger partial charge in [0.25, 0.3) is 0 Å². The Bertz CT molecular complexity index is 327. The third-order valence-electron chi connectivity index (χ3n) is 3.18. The number of aliphatic hydroxyl groups excluding tert-OH is 2. The normalized spacial score (nSPS) is 12.8. The average molecular weight is 278 g/mol. The molecule has 0 rings (SSSR count). The molecule has 0 spiro atoms. The first-order valence-electron chi connectivity index (χ1n) is 8.07. The monoisotopic (exact) mass is 278 g/mol. The molecule has 2 heteroatoms. The van der Waals surface area contributed by atoms with Crippen molar-refractivity contribution in [2.45, 2.75) is 90.3 Å². The molecule has 0 saturated carbocycles. The van der Waals surface area contributed by atoms with Gasteiger partial charge in [-0.05, 0) is 31.1 Å². The van der Waals surface area contributed by atoms with Gasteiger partial charge in [-0.2, -0.15) is 0 Å². The predicted octanol–water partition coefficient (Wildman–Crippen LogP) is 3.66.